The molecule has 90 valence electrons. The van der Waals surface area contributed by atoms with Crippen LogP contribution >= 0.6 is 0 Å². The Hall–Kier alpha value is -1.68. The maximum Gasteiger partial charge on any atom is 0.123 e. The molecule has 0 aliphatic heterocycles. The van der Waals surface area contributed by atoms with Crippen molar-refractivity contribution < 1.29 is 4.39 Å². The van der Waals surface area contributed by atoms with Gasteiger partial charge in [0.2, 0.25) is 0 Å². The quantitative estimate of drug-likeness (QED) is 0.799. The number of hydrogen-bond acceptors (Lipinski definition) is 2. The van der Waals surface area contributed by atoms with E-state index in [0.29, 0.717) is 0 Å². The third kappa shape index (κ3) is 3.39. The Morgan fingerprint density at radius 1 is 1.24 bits per heavy atom. The monoisotopic (exact) mass is 233 g/mol. The van der Waals surface area contributed by atoms with Crippen molar-refractivity contribution in [1.82, 2.24) is 15.1 Å². The van der Waals surface area contributed by atoms with Gasteiger partial charge < -0.3 is 5.32 Å². The molecule has 3 nitrogen and oxygen atoms in total. The van der Waals surface area contributed by atoms with E-state index in [1.165, 1.54) is 17.8 Å². The molecule has 0 bridgehead atoms. The van der Waals surface area contributed by atoms with Crippen molar-refractivity contribution in [2.45, 2.75) is 13.0 Å². The lowest BCUT2D eigenvalue weighted by Crippen LogP contribution is -2.17. The maximum atomic E-state index is 12.7. The van der Waals surface area contributed by atoms with Crippen molar-refractivity contribution in [3.8, 4) is 0 Å². The summed E-state index contributed by atoms with van der Waals surface area (Å²) in [7, 11) is 1.94. The number of nitrogens with zero attached hydrogens (tertiary/aromatic N) is 2. The smallest absolute Gasteiger partial charge is 0.123 e. The molecular weight excluding hydrogens is 217 g/mol. The number of halogens is 1. The minimum absolute atomic E-state index is 0.191. The van der Waals surface area contributed by atoms with E-state index < -0.39 is 0 Å². The third-order valence-electron chi connectivity index (χ3n) is 2.72. The Morgan fingerprint density at radius 2 is 2.00 bits per heavy atom. The highest BCUT2D eigenvalue weighted by Gasteiger charge is 1.98. The molecule has 2 aromatic rings. The van der Waals surface area contributed by atoms with Gasteiger partial charge in [-0.1, -0.05) is 12.1 Å². The van der Waals surface area contributed by atoms with Crippen molar-refractivity contribution in [3.63, 3.8) is 0 Å². The lowest BCUT2D eigenvalue weighted by atomic mass is 10.2. The van der Waals surface area contributed by atoms with E-state index in [4.69, 9.17) is 0 Å². The molecular formula is C13H16FN3. The zero-order valence-corrected chi connectivity index (χ0v) is 9.86. The summed E-state index contributed by atoms with van der Waals surface area (Å²) >= 11 is 0. The summed E-state index contributed by atoms with van der Waals surface area (Å²) in [6.07, 6.45) is 2.74. The van der Waals surface area contributed by atoms with Gasteiger partial charge in [0.15, 0.2) is 0 Å². The molecule has 0 aliphatic carbocycles. The average molecular weight is 233 g/mol. The first-order chi connectivity index (χ1) is 8.25. The molecule has 1 N–H and O–H groups in total. The average Bonchev–Trinajstić information content (AvgIpc) is 2.73. The van der Waals surface area contributed by atoms with E-state index in [0.717, 1.165) is 25.1 Å². The molecule has 1 aromatic heterocycles. The van der Waals surface area contributed by atoms with Gasteiger partial charge in [0.25, 0.3) is 0 Å². The molecule has 17 heavy (non-hydrogen) atoms. The van der Waals surface area contributed by atoms with E-state index in [1.807, 2.05) is 17.8 Å². The number of aryl methyl sites for hydroxylation is 1. The Morgan fingerprint density at radius 3 is 2.65 bits per heavy atom. The third-order valence-corrected chi connectivity index (χ3v) is 2.72. The summed E-state index contributed by atoms with van der Waals surface area (Å²) in [4.78, 5) is 0. The lowest BCUT2D eigenvalue weighted by molar-refractivity contribution is 0.622. The fraction of sp³-hybridized carbons (Fsp3) is 0.308. The van der Waals surface area contributed by atoms with Crippen molar-refractivity contribution in [2.75, 3.05) is 6.54 Å². The normalized spacial score (nSPS) is 10.7. The molecule has 0 atom stereocenters. The summed E-state index contributed by atoms with van der Waals surface area (Å²) < 4.78 is 14.5. The Bertz CT molecular complexity index is 462. The van der Waals surface area contributed by atoms with Crippen LogP contribution in [-0.2, 0) is 20.0 Å². The molecule has 0 aliphatic rings. The zero-order chi connectivity index (χ0) is 12.1. The van der Waals surface area contributed by atoms with Crippen molar-refractivity contribution >= 4 is 0 Å². The fourth-order valence-electron chi connectivity index (χ4n) is 1.70. The molecule has 0 unspecified atom stereocenters. The summed E-state index contributed by atoms with van der Waals surface area (Å²) in [6.45, 7) is 1.65. The Balaban J connectivity index is 1.73. The van der Waals surface area contributed by atoms with Crippen molar-refractivity contribution in [1.29, 1.82) is 0 Å². The van der Waals surface area contributed by atoms with E-state index >= 15 is 0 Å². The van der Waals surface area contributed by atoms with Crippen LogP contribution in [0.15, 0.2) is 36.5 Å². The van der Waals surface area contributed by atoms with Gasteiger partial charge in [0.05, 0.1) is 0 Å². The van der Waals surface area contributed by atoms with Crippen LogP contribution in [0.25, 0.3) is 0 Å². The second kappa shape index (κ2) is 5.59. The van der Waals surface area contributed by atoms with Crippen LogP contribution in [0.3, 0.4) is 0 Å². The zero-order valence-electron chi connectivity index (χ0n) is 9.86. The minimum atomic E-state index is -0.191. The van der Waals surface area contributed by atoms with Gasteiger partial charge in [0, 0.05) is 38.4 Å². The van der Waals surface area contributed by atoms with Crippen LogP contribution in [0.5, 0.6) is 0 Å². The van der Waals surface area contributed by atoms with Crippen LogP contribution in [0.1, 0.15) is 11.3 Å². The van der Waals surface area contributed by atoms with Crippen LogP contribution < -0.4 is 5.32 Å². The van der Waals surface area contributed by atoms with Gasteiger partial charge in [-0.05, 0) is 23.8 Å². The predicted octanol–water partition coefficient (Wildman–Crippen LogP) is 1.89. The number of nitrogens with one attached hydrogen (secondary N) is 1. The Labute approximate surface area is 100 Å². The SMILES string of the molecule is Cn1nccc1CCNCc1ccc(F)cc1. The number of aromatic nitrogens is 2. The van der Waals surface area contributed by atoms with Gasteiger partial charge >= 0.3 is 0 Å². The second-order valence-corrected chi connectivity index (χ2v) is 4.00. The molecule has 2 rings (SSSR count). The molecule has 1 aromatic carbocycles. The molecule has 0 spiro atoms. The first-order valence-electron chi connectivity index (χ1n) is 5.68. The number of benzene rings is 1. The van der Waals surface area contributed by atoms with Gasteiger partial charge in [-0.3, -0.25) is 4.68 Å². The van der Waals surface area contributed by atoms with Gasteiger partial charge in [0.1, 0.15) is 5.82 Å². The number of rotatable bonds is 5. The van der Waals surface area contributed by atoms with Crippen molar-refractivity contribution in [2.24, 2.45) is 7.05 Å². The predicted molar refractivity (Wildman–Crippen MR) is 65.0 cm³/mol. The first-order valence-corrected chi connectivity index (χ1v) is 5.68. The van der Waals surface area contributed by atoms with Crippen LogP contribution in [0, 0.1) is 5.82 Å². The molecule has 4 heteroatoms. The lowest BCUT2D eigenvalue weighted by Gasteiger charge is -2.05. The minimum Gasteiger partial charge on any atom is -0.312 e. The van der Waals surface area contributed by atoms with Gasteiger partial charge in [-0.15, -0.1) is 0 Å². The summed E-state index contributed by atoms with van der Waals surface area (Å²) in [5.41, 5.74) is 2.30. The largest absolute Gasteiger partial charge is 0.312 e. The molecule has 0 saturated carbocycles. The topological polar surface area (TPSA) is 29.9 Å². The second-order valence-electron chi connectivity index (χ2n) is 4.00. The van der Waals surface area contributed by atoms with Gasteiger partial charge in [-0.25, -0.2) is 4.39 Å². The van der Waals surface area contributed by atoms with Crippen molar-refractivity contribution in [3.05, 3.63) is 53.6 Å². The summed E-state index contributed by atoms with van der Waals surface area (Å²) in [6, 6.07) is 8.58. The molecule has 0 amide bonds. The molecule has 1 heterocycles. The highest BCUT2D eigenvalue weighted by atomic mass is 19.1. The fourth-order valence-corrected chi connectivity index (χ4v) is 1.70. The highest BCUT2D eigenvalue weighted by Crippen LogP contribution is 2.02. The molecule has 0 saturated heterocycles. The van der Waals surface area contributed by atoms with E-state index in [-0.39, 0.29) is 5.82 Å². The van der Waals surface area contributed by atoms with Crippen LogP contribution in [0.2, 0.25) is 0 Å². The van der Waals surface area contributed by atoms with E-state index in [2.05, 4.69) is 10.4 Å². The van der Waals surface area contributed by atoms with Crippen LogP contribution in [0.4, 0.5) is 4.39 Å². The Kier molecular flexibility index (Phi) is 3.88. The maximum absolute atomic E-state index is 12.7. The molecule has 0 radical (unpaired) electrons. The molecule has 0 fully saturated rings. The van der Waals surface area contributed by atoms with E-state index in [9.17, 15) is 4.39 Å². The highest BCUT2D eigenvalue weighted by molar-refractivity contribution is 5.15. The van der Waals surface area contributed by atoms with Crippen LogP contribution in [-0.4, -0.2) is 16.3 Å². The first kappa shape index (κ1) is 11.8. The number of hydrogen-bond donors (Lipinski definition) is 1. The standard InChI is InChI=1S/C13H16FN3/c1-17-13(7-9-16-17)6-8-15-10-11-2-4-12(14)5-3-11/h2-5,7,9,15H,6,8,10H2,1H3. The van der Waals surface area contributed by atoms with E-state index in [1.54, 1.807) is 18.3 Å². The summed E-state index contributed by atoms with van der Waals surface area (Å²) in [5.74, 6) is -0.191. The van der Waals surface area contributed by atoms with Gasteiger partial charge in [-0.2, -0.15) is 5.10 Å². The summed E-state index contributed by atoms with van der Waals surface area (Å²) in [5, 5.41) is 7.43.